The van der Waals surface area contributed by atoms with Gasteiger partial charge in [0.25, 0.3) is 0 Å². The lowest BCUT2D eigenvalue weighted by Crippen LogP contribution is -1.95. The number of ether oxygens (including phenoxy) is 1. The summed E-state index contributed by atoms with van der Waals surface area (Å²) in [6.07, 6.45) is 0.705. The zero-order valence-corrected chi connectivity index (χ0v) is 9.60. The Balaban J connectivity index is 2.18. The lowest BCUT2D eigenvalue weighted by atomic mass is 10.2. The molecule has 94 valence electrons. The third kappa shape index (κ3) is 3.01. The SMILES string of the molecule is C[C@@H](O)c1ccc(Oc2cc(F)cc(F)c2)cn1. The molecule has 0 unspecified atom stereocenters. The van der Waals surface area contributed by atoms with Gasteiger partial charge in [0.05, 0.1) is 18.0 Å². The zero-order chi connectivity index (χ0) is 13.1. The van der Waals surface area contributed by atoms with Gasteiger partial charge < -0.3 is 9.84 Å². The first-order valence-corrected chi connectivity index (χ1v) is 5.32. The number of pyridine rings is 1. The van der Waals surface area contributed by atoms with Gasteiger partial charge in [-0.25, -0.2) is 8.78 Å². The van der Waals surface area contributed by atoms with Crippen LogP contribution in [-0.2, 0) is 0 Å². The number of halogens is 2. The highest BCUT2D eigenvalue weighted by atomic mass is 19.1. The highest BCUT2D eigenvalue weighted by Gasteiger charge is 2.05. The van der Waals surface area contributed by atoms with Gasteiger partial charge in [-0.05, 0) is 19.1 Å². The molecule has 1 aromatic carbocycles. The molecular formula is C13H11F2NO2. The normalized spacial score (nSPS) is 12.2. The number of aliphatic hydroxyl groups is 1. The molecule has 2 rings (SSSR count). The van der Waals surface area contributed by atoms with Gasteiger partial charge in [-0.2, -0.15) is 0 Å². The number of rotatable bonds is 3. The maximum Gasteiger partial charge on any atom is 0.145 e. The molecule has 0 fully saturated rings. The summed E-state index contributed by atoms with van der Waals surface area (Å²) in [5, 5.41) is 9.27. The van der Waals surface area contributed by atoms with Gasteiger partial charge in [0.2, 0.25) is 0 Å². The predicted octanol–water partition coefficient (Wildman–Crippen LogP) is 3.21. The van der Waals surface area contributed by atoms with Crippen molar-refractivity contribution in [2.24, 2.45) is 0 Å². The van der Waals surface area contributed by atoms with Crippen molar-refractivity contribution in [3.63, 3.8) is 0 Å². The van der Waals surface area contributed by atoms with Gasteiger partial charge >= 0.3 is 0 Å². The minimum atomic E-state index is -0.710. The van der Waals surface area contributed by atoms with Crippen molar-refractivity contribution in [3.05, 3.63) is 53.9 Å². The zero-order valence-electron chi connectivity index (χ0n) is 9.60. The minimum Gasteiger partial charge on any atom is -0.456 e. The molecule has 1 N–H and O–H groups in total. The fraction of sp³-hybridized carbons (Fsp3) is 0.154. The fourth-order valence-electron chi connectivity index (χ4n) is 1.42. The van der Waals surface area contributed by atoms with Gasteiger partial charge in [-0.1, -0.05) is 0 Å². The topological polar surface area (TPSA) is 42.4 Å². The van der Waals surface area contributed by atoms with E-state index >= 15 is 0 Å². The summed E-state index contributed by atoms with van der Waals surface area (Å²) < 4.78 is 31.1. The molecule has 3 nitrogen and oxygen atoms in total. The second-order valence-electron chi connectivity index (χ2n) is 3.80. The number of benzene rings is 1. The summed E-state index contributed by atoms with van der Waals surface area (Å²) in [5.74, 6) is -1.03. The van der Waals surface area contributed by atoms with Crippen molar-refractivity contribution in [1.82, 2.24) is 4.98 Å². The minimum absolute atomic E-state index is 0.0547. The van der Waals surface area contributed by atoms with E-state index in [1.807, 2.05) is 0 Å². The predicted molar refractivity (Wildman–Crippen MR) is 61.3 cm³/mol. The Hall–Kier alpha value is -2.01. The van der Waals surface area contributed by atoms with E-state index in [0.717, 1.165) is 18.2 Å². The van der Waals surface area contributed by atoms with Gasteiger partial charge in [-0.3, -0.25) is 4.98 Å². The van der Waals surface area contributed by atoms with Crippen molar-refractivity contribution >= 4 is 0 Å². The molecule has 0 bridgehead atoms. The molecule has 0 aliphatic heterocycles. The molecule has 0 radical (unpaired) electrons. The van der Waals surface area contributed by atoms with Gasteiger partial charge in [0.1, 0.15) is 23.1 Å². The quantitative estimate of drug-likeness (QED) is 0.910. The van der Waals surface area contributed by atoms with Crippen LogP contribution < -0.4 is 4.74 Å². The number of nitrogens with zero attached hydrogens (tertiary/aromatic N) is 1. The van der Waals surface area contributed by atoms with Crippen molar-refractivity contribution in [2.75, 3.05) is 0 Å². The third-order valence-corrected chi connectivity index (χ3v) is 2.26. The number of hydrogen-bond donors (Lipinski definition) is 1. The smallest absolute Gasteiger partial charge is 0.145 e. The Labute approximate surface area is 103 Å². The molecule has 0 aliphatic rings. The van der Waals surface area contributed by atoms with E-state index in [9.17, 15) is 13.9 Å². The van der Waals surface area contributed by atoms with E-state index in [2.05, 4.69) is 4.98 Å². The van der Waals surface area contributed by atoms with Crippen LogP contribution in [0.3, 0.4) is 0 Å². The Morgan fingerprint density at radius 3 is 2.28 bits per heavy atom. The summed E-state index contributed by atoms with van der Waals surface area (Å²) in [4.78, 5) is 3.96. The summed E-state index contributed by atoms with van der Waals surface area (Å²) >= 11 is 0. The largest absolute Gasteiger partial charge is 0.456 e. The third-order valence-electron chi connectivity index (χ3n) is 2.26. The van der Waals surface area contributed by atoms with Crippen LogP contribution in [0.1, 0.15) is 18.7 Å². The summed E-state index contributed by atoms with van der Waals surface area (Å²) in [6.45, 7) is 1.59. The average Bonchev–Trinajstić information content (AvgIpc) is 2.28. The molecule has 1 heterocycles. The van der Waals surface area contributed by atoms with Crippen LogP contribution in [0.25, 0.3) is 0 Å². The van der Waals surface area contributed by atoms with Crippen LogP contribution in [0.15, 0.2) is 36.5 Å². The molecule has 0 amide bonds. The Morgan fingerprint density at radius 2 is 1.78 bits per heavy atom. The van der Waals surface area contributed by atoms with E-state index in [1.54, 1.807) is 19.1 Å². The van der Waals surface area contributed by atoms with E-state index in [0.29, 0.717) is 11.4 Å². The van der Waals surface area contributed by atoms with Crippen LogP contribution in [0.5, 0.6) is 11.5 Å². The molecule has 1 aromatic heterocycles. The van der Waals surface area contributed by atoms with Gasteiger partial charge in [0.15, 0.2) is 0 Å². The maximum absolute atomic E-state index is 12.9. The number of aromatic nitrogens is 1. The molecule has 0 aliphatic carbocycles. The molecule has 0 saturated heterocycles. The highest BCUT2D eigenvalue weighted by molar-refractivity contribution is 5.31. The van der Waals surface area contributed by atoms with E-state index in [1.165, 1.54) is 6.20 Å². The summed E-state index contributed by atoms with van der Waals surface area (Å²) in [6, 6.07) is 6.06. The van der Waals surface area contributed by atoms with E-state index in [4.69, 9.17) is 4.74 Å². The Kier molecular flexibility index (Phi) is 3.53. The van der Waals surface area contributed by atoms with Crippen molar-refractivity contribution in [3.8, 4) is 11.5 Å². The van der Waals surface area contributed by atoms with E-state index < -0.39 is 17.7 Å². The lowest BCUT2D eigenvalue weighted by Gasteiger charge is -2.07. The molecule has 5 heteroatoms. The second kappa shape index (κ2) is 5.10. The van der Waals surface area contributed by atoms with E-state index in [-0.39, 0.29) is 5.75 Å². The summed E-state index contributed by atoms with van der Waals surface area (Å²) in [5.41, 5.74) is 0.493. The van der Waals surface area contributed by atoms with Crippen LogP contribution in [-0.4, -0.2) is 10.1 Å². The molecular weight excluding hydrogens is 240 g/mol. The first kappa shape index (κ1) is 12.4. The molecule has 0 saturated carbocycles. The fourth-order valence-corrected chi connectivity index (χ4v) is 1.42. The second-order valence-corrected chi connectivity index (χ2v) is 3.80. The molecule has 2 aromatic rings. The average molecular weight is 251 g/mol. The maximum atomic E-state index is 12.9. The Morgan fingerprint density at radius 1 is 1.11 bits per heavy atom. The molecule has 0 spiro atoms. The molecule has 1 atom stereocenters. The van der Waals surface area contributed by atoms with Crippen molar-refractivity contribution in [1.29, 1.82) is 0 Å². The Bertz CT molecular complexity index is 521. The number of hydrogen-bond acceptors (Lipinski definition) is 3. The highest BCUT2D eigenvalue weighted by Crippen LogP contribution is 2.23. The standard InChI is InChI=1S/C13H11F2NO2/c1-8(17)13-3-2-11(7-16-13)18-12-5-9(14)4-10(15)6-12/h2-8,17H,1H3/t8-/m1/s1. The molecule has 18 heavy (non-hydrogen) atoms. The number of aliphatic hydroxyl groups excluding tert-OH is 1. The van der Waals surface area contributed by atoms with Crippen molar-refractivity contribution < 1.29 is 18.6 Å². The first-order chi connectivity index (χ1) is 8.54. The van der Waals surface area contributed by atoms with Gasteiger partial charge in [-0.15, -0.1) is 0 Å². The van der Waals surface area contributed by atoms with Crippen molar-refractivity contribution in [2.45, 2.75) is 13.0 Å². The first-order valence-electron chi connectivity index (χ1n) is 5.32. The lowest BCUT2D eigenvalue weighted by molar-refractivity contribution is 0.194. The van der Waals surface area contributed by atoms with Crippen LogP contribution in [0, 0.1) is 11.6 Å². The van der Waals surface area contributed by atoms with Crippen LogP contribution in [0.4, 0.5) is 8.78 Å². The van der Waals surface area contributed by atoms with Crippen LogP contribution in [0.2, 0.25) is 0 Å². The van der Waals surface area contributed by atoms with Crippen LogP contribution >= 0.6 is 0 Å². The summed E-state index contributed by atoms with van der Waals surface area (Å²) in [7, 11) is 0. The monoisotopic (exact) mass is 251 g/mol. The van der Waals surface area contributed by atoms with Gasteiger partial charge in [0, 0.05) is 18.2 Å².